The molecule has 9 atom stereocenters. The van der Waals surface area contributed by atoms with Crippen LogP contribution in [0.4, 0.5) is 0 Å². The highest BCUT2D eigenvalue weighted by atomic mass is 16.3. The van der Waals surface area contributed by atoms with Crippen LogP contribution in [-0.2, 0) is 6.42 Å². The molecule has 0 aromatic carbocycles. The van der Waals surface area contributed by atoms with Crippen molar-refractivity contribution in [3.63, 3.8) is 0 Å². The van der Waals surface area contributed by atoms with Crippen LogP contribution in [0.2, 0.25) is 0 Å². The Morgan fingerprint density at radius 3 is 2.60 bits per heavy atom. The molecule has 0 radical (unpaired) electrons. The quantitative estimate of drug-likeness (QED) is 0.611. The molecule has 2 heteroatoms. The van der Waals surface area contributed by atoms with Crippen molar-refractivity contribution in [2.75, 3.05) is 0 Å². The highest BCUT2D eigenvalue weighted by Gasteiger charge is 2.58. The number of aryl methyl sites for hydroxylation is 1. The summed E-state index contributed by atoms with van der Waals surface area (Å²) in [6.07, 6.45) is 17.2. The summed E-state index contributed by atoms with van der Waals surface area (Å²) in [4.78, 5) is 4.45. The lowest BCUT2D eigenvalue weighted by Crippen LogP contribution is -2.50. The minimum atomic E-state index is -0.393. The molecule has 1 unspecified atom stereocenters. The first-order chi connectivity index (χ1) is 14.3. The molecule has 0 spiro atoms. The Morgan fingerprint density at radius 2 is 1.80 bits per heavy atom. The number of hydrogen-bond donors (Lipinski definition) is 1. The average Bonchev–Trinajstić information content (AvgIpc) is 3.04. The number of pyridine rings is 1. The van der Waals surface area contributed by atoms with Gasteiger partial charge in [0.2, 0.25) is 0 Å². The van der Waals surface area contributed by atoms with Gasteiger partial charge in [0.25, 0.3) is 0 Å². The van der Waals surface area contributed by atoms with Crippen LogP contribution < -0.4 is 0 Å². The summed E-state index contributed by atoms with van der Waals surface area (Å²) in [6.45, 7) is 9.44. The van der Waals surface area contributed by atoms with Gasteiger partial charge in [-0.15, -0.1) is 0 Å². The third-order valence-corrected chi connectivity index (χ3v) is 10.5. The van der Waals surface area contributed by atoms with Crippen LogP contribution in [-0.4, -0.2) is 15.7 Å². The van der Waals surface area contributed by atoms with Crippen LogP contribution in [0.25, 0.3) is 0 Å². The van der Waals surface area contributed by atoms with Gasteiger partial charge in [-0.3, -0.25) is 4.98 Å². The smallest absolute Gasteiger partial charge is 0.0622 e. The van der Waals surface area contributed by atoms with Gasteiger partial charge >= 0.3 is 0 Å². The van der Waals surface area contributed by atoms with Gasteiger partial charge in [-0.2, -0.15) is 0 Å². The summed E-state index contributed by atoms with van der Waals surface area (Å²) in [5.41, 5.74) is 2.87. The van der Waals surface area contributed by atoms with Crippen molar-refractivity contribution in [2.24, 2.45) is 46.8 Å². The Hall–Kier alpha value is -0.890. The standard InChI is InChI=1S/C28H43NO/c1-18-13-20(17-29-16-18)14-19(2)25-7-8-26-24-6-5-21-15-27(3,30)11-9-22(21)23(24)10-12-28(25,26)4/h13,16-17,19,21-26,30H,5-12,14-15H2,1-4H3/t19-,21-,22+,23-,24?,25-,26+,27-,28-/m1/s1. The molecule has 0 amide bonds. The predicted molar refractivity (Wildman–Crippen MR) is 123 cm³/mol. The average molecular weight is 410 g/mol. The zero-order chi connectivity index (χ0) is 21.1. The van der Waals surface area contributed by atoms with E-state index in [1.165, 1.54) is 62.5 Å². The summed E-state index contributed by atoms with van der Waals surface area (Å²) in [7, 11) is 0. The Kier molecular flexibility index (Phi) is 5.32. The molecule has 0 bridgehead atoms. The number of rotatable bonds is 3. The van der Waals surface area contributed by atoms with E-state index in [1.807, 2.05) is 6.20 Å². The van der Waals surface area contributed by atoms with E-state index in [4.69, 9.17) is 0 Å². The molecule has 4 fully saturated rings. The fraction of sp³-hybridized carbons (Fsp3) is 0.821. The zero-order valence-corrected chi connectivity index (χ0v) is 19.7. The van der Waals surface area contributed by atoms with E-state index in [2.05, 4.69) is 44.9 Å². The maximum atomic E-state index is 10.6. The van der Waals surface area contributed by atoms with Crippen LogP contribution >= 0.6 is 0 Å². The second-order valence-electron chi connectivity index (χ2n) is 12.5. The van der Waals surface area contributed by atoms with Crippen molar-refractivity contribution in [1.29, 1.82) is 0 Å². The summed E-state index contributed by atoms with van der Waals surface area (Å²) >= 11 is 0. The fourth-order valence-electron chi connectivity index (χ4n) is 9.30. The van der Waals surface area contributed by atoms with Crippen molar-refractivity contribution in [2.45, 2.75) is 97.5 Å². The van der Waals surface area contributed by atoms with Gasteiger partial charge < -0.3 is 5.11 Å². The van der Waals surface area contributed by atoms with E-state index >= 15 is 0 Å². The first-order valence-electron chi connectivity index (χ1n) is 12.9. The van der Waals surface area contributed by atoms with E-state index < -0.39 is 5.60 Å². The lowest BCUT2D eigenvalue weighted by molar-refractivity contribution is -0.102. The fourth-order valence-corrected chi connectivity index (χ4v) is 9.30. The van der Waals surface area contributed by atoms with Crippen LogP contribution in [0, 0.1) is 53.8 Å². The van der Waals surface area contributed by atoms with Crippen LogP contribution in [0.3, 0.4) is 0 Å². The molecule has 30 heavy (non-hydrogen) atoms. The molecule has 4 aliphatic rings. The third kappa shape index (κ3) is 3.55. The molecular weight excluding hydrogens is 366 g/mol. The lowest BCUT2D eigenvalue weighted by atomic mass is 9.48. The molecule has 4 saturated carbocycles. The molecule has 1 aromatic rings. The maximum Gasteiger partial charge on any atom is 0.0622 e. The maximum absolute atomic E-state index is 10.6. The zero-order valence-electron chi connectivity index (χ0n) is 19.7. The number of aliphatic hydroxyl groups is 1. The molecule has 1 N–H and O–H groups in total. The van der Waals surface area contributed by atoms with E-state index in [-0.39, 0.29) is 0 Å². The van der Waals surface area contributed by atoms with Crippen molar-refractivity contribution in [3.8, 4) is 0 Å². The molecule has 5 rings (SSSR count). The van der Waals surface area contributed by atoms with Crippen LogP contribution in [0.15, 0.2) is 18.5 Å². The number of aromatic nitrogens is 1. The summed E-state index contributed by atoms with van der Waals surface area (Å²) in [6, 6.07) is 2.34. The van der Waals surface area contributed by atoms with Gasteiger partial charge in [0.1, 0.15) is 0 Å². The molecule has 1 heterocycles. The second kappa shape index (κ2) is 7.61. The van der Waals surface area contributed by atoms with Gasteiger partial charge in [-0.1, -0.05) is 19.9 Å². The third-order valence-electron chi connectivity index (χ3n) is 10.5. The van der Waals surface area contributed by atoms with Crippen molar-refractivity contribution >= 4 is 0 Å². The first kappa shape index (κ1) is 21.0. The summed E-state index contributed by atoms with van der Waals surface area (Å²) in [5.74, 6) is 6.18. The van der Waals surface area contributed by atoms with Gasteiger partial charge in [-0.05, 0) is 136 Å². The largest absolute Gasteiger partial charge is 0.390 e. The minimum Gasteiger partial charge on any atom is -0.390 e. The predicted octanol–water partition coefficient (Wildman–Crippen LogP) is 6.59. The first-order valence-corrected chi connectivity index (χ1v) is 12.9. The Bertz CT molecular complexity index is 772. The Morgan fingerprint density at radius 1 is 1.00 bits per heavy atom. The summed E-state index contributed by atoms with van der Waals surface area (Å²) in [5, 5.41) is 10.6. The monoisotopic (exact) mass is 409 g/mol. The SMILES string of the molecule is Cc1cncc(C[C@@H](C)[C@H]2CC[C@H]3C4CC[C@@H]5C[C@](C)(O)CC[C@@H]5[C@H]4CC[C@]23C)c1. The van der Waals surface area contributed by atoms with Gasteiger partial charge in [0.05, 0.1) is 5.60 Å². The Balaban J connectivity index is 1.30. The van der Waals surface area contributed by atoms with E-state index in [9.17, 15) is 5.11 Å². The molecular formula is C28H43NO. The molecule has 1 aromatic heterocycles. The molecule has 166 valence electrons. The highest BCUT2D eigenvalue weighted by molar-refractivity contribution is 5.18. The van der Waals surface area contributed by atoms with E-state index in [0.717, 1.165) is 54.3 Å². The van der Waals surface area contributed by atoms with Gasteiger partial charge in [0.15, 0.2) is 0 Å². The topological polar surface area (TPSA) is 33.1 Å². The molecule has 0 saturated heterocycles. The van der Waals surface area contributed by atoms with Crippen molar-refractivity contribution in [3.05, 3.63) is 29.6 Å². The van der Waals surface area contributed by atoms with E-state index in [0.29, 0.717) is 5.41 Å². The molecule has 2 nitrogen and oxygen atoms in total. The van der Waals surface area contributed by atoms with Crippen molar-refractivity contribution in [1.82, 2.24) is 4.98 Å². The number of fused-ring (bicyclic) bond motifs is 5. The molecule has 4 aliphatic carbocycles. The van der Waals surface area contributed by atoms with Crippen LogP contribution in [0.5, 0.6) is 0 Å². The van der Waals surface area contributed by atoms with E-state index in [1.54, 1.807) is 0 Å². The number of hydrogen-bond acceptors (Lipinski definition) is 2. The van der Waals surface area contributed by atoms with Crippen molar-refractivity contribution < 1.29 is 5.11 Å². The molecule has 0 aliphatic heterocycles. The number of nitrogens with zero attached hydrogens (tertiary/aromatic N) is 1. The summed E-state index contributed by atoms with van der Waals surface area (Å²) < 4.78 is 0. The second-order valence-corrected chi connectivity index (χ2v) is 12.5. The van der Waals surface area contributed by atoms with Gasteiger partial charge in [0, 0.05) is 12.4 Å². The minimum absolute atomic E-state index is 0.393. The lowest BCUT2D eigenvalue weighted by Gasteiger charge is -2.57. The normalized spacial score (nSPS) is 46.6. The van der Waals surface area contributed by atoms with Gasteiger partial charge in [-0.25, -0.2) is 0 Å². The Labute approximate surface area is 184 Å². The van der Waals surface area contributed by atoms with Crippen LogP contribution in [0.1, 0.15) is 89.7 Å². The highest BCUT2D eigenvalue weighted by Crippen LogP contribution is 2.65.